The Morgan fingerprint density at radius 1 is 1.00 bits per heavy atom. The normalized spacial score (nSPS) is 9.71. The minimum atomic E-state index is -0.947. The van der Waals surface area contributed by atoms with Gasteiger partial charge in [0.25, 0.3) is 0 Å². The summed E-state index contributed by atoms with van der Waals surface area (Å²) >= 11 is 0. The number of carboxylic acids is 1. The van der Waals surface area contributed by atoms with Crippen LogP contribution < -0.4 is 0 Å². The summed E-state index contributed by atoms with van der Waals surface area (Å²) in [6.07, 6.45) is 3.16. The summed E-state index contributed by atoms with van der Waals surface area (Å²) < 4.78 is 0. The lowest BCUT2D eigenvalue weighted by molar-refractivity contribution is -0.137. The fourth-order valence-corrected chi connectivity index (χ4v) is 1.50. The molecule has 2 heterocycles. The van der Waals surface area contributed by atoms with Gasteiger partial charge in [0, 0.05) is 12.4 Å². The van der Waals surface area contributed by atoms with Crippen molar-refractivity contribution >= 4 is 18.4 Å². The number of carboxylic acid groups (broad SMARTS) is 1. The van der Waals surface area contributed by atoms with E-state index in [1.165, 1.54) is 0 Å². The van der Waals surface area contributed by atoms with E-state index in [-0.39, 0.29) is 12.4 Å². The van der Waals surface area contributed by atoms with Crippen molar-refractivity contribution in [1.82, 2.24) is 9.97 Å². The molecule has 0 spiro atoms. The van der Waals surface area contributed by atoms with Crippen LogP contribution in [0, 0.1) is 0 Å². The van der Waals surface area contributed by atoms with Crippen LogP contribution in [0.25, 0.3) is 0 Å². The van der Waals surface area contributed by atoms with Crippen molar-refractivity contribution in [1.29, 1.82) is 0 Å². The van der Waals surface area contributed by atoms with Crippen LogP contribution in [0.4, 0.5) is 0 Å². The Bertz CT molecular complexity index is 437. The maximum Gasteiger partial charge on any atom is 0.318 e. The van der Waals surface area contributed by atoms with E-state index in [9.17, 15) is 9.90 Å². The van der Waals surface area contributed by atoms with Crippen molar-refractivity contribution in [2.45, 2.75) is 5.92 Å². The Morgan fingerprint density at radius 2 is 1.47 bits per heavy atom. The van der Waals surface area contributed by atoms with Gasteiger partial charge in [-0.05, 0) is 24.3 Å². The van der Waals surface area contributed by atoms with Crippen LogP contribution in [-0.2, 0) is 4.79 Å². The Balaban J connectivity index is 0.00000144. The topological polar surface area (TPSA) is 63.1 Å². The predicted octanol–water partition coefficient (Wildman–Crippen LogP) is 2.11. The zero-order valence-electron chi connectivity index (χ0n) is 8.85. The summed E-state index contributed by atoms with van der Waals surface area (Å²) in [6.45, 7) is 0. The second-order valence-electron chi connectivity index (χ2n) is 3.28. The zero-order chi connectivity index (χ0) is 11.4. The van der Waals surface area contributed by atoms with Crippen LogP contribution in [-0.4, -0.2) is 21.0 Å². The van der Waals surface area contributed by atoms with Gasteiger partial charge in [0.15, 0.2) is 0 Å². The molecule has 0 radical (unpaired) electrons. The van der Waals surface area contributed by atoms with Crippen molar-refractivity contribution in [2.24, 2.45) is 0 Å². The van der Waals surface area contributed by atoms with E-state index >= 15 is 0 Å². The molecule has 0 aliphatic rings. The molecule has 0 aliphatic carbocycles. The van der Waals surface area contributed by atoms with Crippen molar-refractivity contribution < 1.29 is 9.90 Å². The first-order valence-corrected chi connectivity index (χ1v) is 4.83. The minimum Gasteiger partial charge on any atom is -0.480 e. The van der Waals surface area contributed by atoms with Crippen molar-refractivity contribution in [2.75, 3.05) is 0 Å². The van der Waals surface area contributed by atoms with Gasteiger partial charge in [-0.1, -0.05) is 12.1 Å². The molecule has 17 heavy (non-hydrogen) atoms. The second-order valence-corrected chi connectivity index (χ2v) is 3.28. The van der Waals surface area contributed by atoms with Gasteiger partial charge in [0.1, 0.15) is 5.92 Å². The average molecular weight is 251 g/mol. The third-order valence-corrected chi connectivity index (χ3v) is 2.21. The first-order valence-electron chi connectivity index (χ1n) is 4.83. The summed E-state index contributed by atoms with van der Waals surface area (Å²) in [5.41, 5.74) is 0.988. The molecular formula is C12H11ClN2O2. The molecule has 5 heteroatoms. The standard InChI is InChI=1S/C12H10N2O2.ClH/c15-12(16)11(9-5-1-3-7-13-9)10-6-2-4-8-14-10;/h1-8,11H,(H,15,16);1H. The van der Waals surface area contributed by atoms with E-state index < -0.39 is 11.9 Å². The second kappa shape index (κ2) is 5.96. The van der Waals surface area contributed by atoms with E-state index in [2.05, 4.69) is 9.97 Å². The molecular weight excluding hydrogens is 240 g/mol. The number of aromatic nitrogens is 2. The van der Waals surface area contributed by atoms with Gasteiger partial charge in [0.05, 0.1) is 11.4 Å². The lowest BCUT2D eigenvalue weighted by atomic mass is 10.0. The number of hydrogen-bond donors (Lipinski definition) is 1. The number of nitrogens with zero attached hydrogens (tertiary/aromatic N) is 2. The molecule has 0 unspecified atom stereocenters. The van der Waals surface area contributed by atoms with E-state index in [4.69, 9.17) is 0 Å². The number of hydrogen-bond acceptors (Lipinski definition) is 3. The Hall–Kier alpha value is -1.94. The molecule has 0 aromatic carbocycles. The lowest BCUT2D eigenvalue weighted by Crippen LogP contribution is -2.15. The number of carbonyl (C=O) groups is 1. The fourth-order valence-electron chi connectivity index (χ4n) is 1.50. The fraction of sp³-hybridized carbons (Fsp3) is 0.0833. The van der Waals surface area contributed by atoms with Crippen LogP contribution in [0.15, 0.2) is 48.8 Å². The number of halogens is 1. The molecule has 4 nitrogen and oxygen atoms in total. The van der Waals surface area contributed by atoms with Gasteiger partial charge in [-0.2, -0.15) is 0 Å². The number of pyridine rings is 2. The molecule has 0 atom stereocenters. The third-order valence-electron chi connectivity index (χ3n) is 2.21. The third kappa shape index (κ3) is 3.01. The molecule has 2 rings (SSSR count). The molecule has 1 N–H and O–H groups in total. The molecule has 2 aromatic rings. The highest BCUT2D eigenvalue weighted by molar-refractivity contribution is 5.85. The van der Waals surface area contributed by atoms with Crippen LogP contribution in [0.1, 0.15) is 17.3 Å². The van der Waals surface area contributed by atoms with Crippen LogP contribution in [0.5, 0.6) is 0 Å². The maximum absolute atomic E-state index is 11.2. The molecule has 0 aliphatic heterocycles. The summed E-state index contributed by atoms with van der Waals surface area (Å²) in [5, 5.41) is 9.20. The Kier molecular flexibility index (Phi) is 4.60. The predicted molar refractivity (Wildman–Crippen MR) is 65.2 cm³/mol. The summed E-state index contributed by atoms with van der Waals surface area (Å²) in [7, 11) is 0. The van der Waals surface area contributed by atoms with Gasteiger partial charge in [-0.15, -0.1) is 12.4 Å². The SMILES string of the molecule is Cl.O=C(O)C(c1ccccn1)c1ccccn1. The number of aliphatic carboxylic acids is 1. The molecule has 0 amide bonds. The van der Waals surface area contributed by atoms with Crippen LogP contribution >= 0.6 is 12.4 Å². The largest absolute Gasteiger partial charge is 0.480 e. The summed E-state index contributed by atoms with van der Waals surface area (Å²) in [4.78, 5) is 19.3. The van der Waals surface area contributed by atoms with Crippen molar-refractivity contribution in [3.05, 3.63) is 60.2 Å². The van der Waals surface area contributed by atoms with Gasteiger partial charge >= 0.3 is 5.97 Å². The zero-order valence-corrected chi connectivity index (χ0v) is 9.67. The van der Waals surface area contributed by atoms with Gasteiger partial charge in [-0.3, -0.25) is 14.8 Å². The van der Waals surface area contributed by atoms with Crippen molar-refractivity contribution in [3.63, 3.8) is 0 Å². The maximum atomic E-state index is 11.2. The molecule has 88 valence electrons. The van der Waals surface area contributed by atoms with Gasteiger partial charge < -0.3 is 5.11 Å². The summed E-state index contributed by atoms with van der Waals surface area (Å²) in [5.74, 6) is -1.75. The first kappa shape index (κ1) is 13.1. The molecule has 0 bridgehead atoms. The van der Waals surface area contributed by atoms with Crippen LogP contribution in [0.3, 0.4) is 0 Å². The summed E-state index contributed by atoms with van der Waals surface area (Å²) in [6, 6.07) is 10.4. The van der Waals surface area contributed by atoms with Gasteiger partial charge in [-0.25, -0.2) is 0 Å². The van der Waals surface area contributed by atoms with E-state index in [1.54, 1.807) is 48.8 Å². The van der Waals surface area contributed by atoms with E-state index in [0.717, 1.165) is 0 Å². The molecule has 0 saturated carbocycles. The molecule has 0 saturated heterocycles. The minimum absolute atomic E-state index is 0. The Labute approximate surface area is 105 Å². The molecule has 2 aromatic heterocycles. The highest BCUT2D eigenvalue weighted by atomic mass is 35.5. The smallest absolute Gasteiger partial charge is 0.318 e. The van der Waals surface area contributed by atoms with Crippen molar-refractivity contribution in [3.8, 4) is 0 Å². The Morgan fingerprint density at radius 3 is 1.76 bits per heavy atom. The van der Waals surface area contributed by atoms with E-state index in [1.807, 2.05) is 0 Å². The monoisotopic (exact) mass is 250 g/mol. The highest BCUT2D eigenvalue weighted by Crippen LogP contribution is 2.20. The molecule has 0 fully saturated rings. The first-order chi connectivity index (χ1) is 7.79. The highest BCUT2D eigenvalue weighted by Gasteiger charge is 2.24. The number of rotatable bonds is 3. The van der Waals surface area contributed by atoms with Gasteiger partial charge in [0.2, 0.25) is 0 Å². The van der Waals surface area contributed by atoms with Crippen LogP contribution in [0.2, 0.25) is 0 Å². The quantitative estimate of drug-likeness (QED) is 0.906. The van der Waals surface area contributed by atoms with E-state index in [0.29, 0.717) is 11.4 Å². The lowest BCUT2D eigenvalue weighted by Gasteiger charge is -2.10. The average Bonchev–Trinajstić information content (AvgIpc) is 2.31.